The molecule has 1 aliphatic rings. The second-order valence-electron chi connectivity index (χ2n) is 5.88. The smallest absolute Gasteiger partial charge is 0.127 e. The van der Waals surface area contributed by atoms with E-state index in [2.05, 4.69) is 24.2 Å². The first kappa shape index (κ1) is 15.5. The number of benzene rings is 1. The summed E-state index contributed by atoms with van der Waals surface area (Å²) in [5.41, 5.74) is 0.800. The lowest BCUT2D eigenvalue weighted by molar-refractivity contribution is 0.174. The number of hydrogen-bond acceptors (Lipinski definition) is 2. The quantitative estimate of drug-likeness (QED) is 0.828. The van der Waals surface area contributed by atoms with Crippen LogP contribution in [-0.4, -0.2) is 30.6 Å². The van der Waals surface area contributed by atoms with Crippen LogP contribution < -0.4 is 5.32 Å². The van der Waals surface area contributed by atoms with Crippen LogP contribution in [0.5, 0.6) is 0 Å². The van der Waals surface area contributed by atoms with Crippen molar-refractivity contribution < 1.29 is 4.39 Å². The summed E-state index contributed by atoms with van der Waals surface area (Å²) in [5.74, 6) is -0.0898. The van der Waals surface area contributed by atoms with E-state index in [0.29, 0.717) is 18.6 Å². The summed E-state index contributed by atoms with van der Waals surface area (Å²) in [4.78, 5) is 2.33. The van der Waals surface area contributed by atoms with Gasteiger partial charge in [-0.1, -0.05) is 44.4 Å². The molecule has 0 saturated heterocycles. The number of nitrogens with zero attached hydrogens (tertiary/aromatic N) is 1. The van der Waals surface area contributed by atoms with Gasteiger partial charge in [0, 0.05) is 24.2 Å². The molecule has 112 valence electrons. The van der Waals surface area contributed by atoms with Crippen molar-refractivity contribution in [2.45, 2.75) is 57.7 Å². The lowest BCUT2D eigenvalue weighted by Crippen LogP contribution is -2.47. The normalized spacial score (nSPS) is 23.8. The third kappa shape index (κ3) is 4.03. The molecule has 0 heterocycles. The Labute approximate surface area is 122 Å². The third-order valence-electron chi connectivity index (χ3n) is 4.39. The van der Waals surface area contributed by atoms with Crippen LogP contribution in [-0.2, 0) is 6.54 Å². The zero-order valence-corrected chi connectivity index (χ0v) is 12.7. The largest absolute Gasteiger partial charge is 0.313 e. The molecule has 0 amide bonds. The number of rotatable bonds is 5. The molecule has 1 fully saturated rings. The van der Waals surface area contributed by atoms with Gasteiger partial charge in [-0.15, -0.1) is 0 Å². The van der Waals surface area contributed by atoms with E-state index in [0.717, 1.165) is 12.1 Å². The van der Waals surface area contributed by atoms with Crippen molar-refractivity contribution in [1.82, 2.24) is 10.2 Å². The number of hydrogen-bond donors (Lipinski definition) is 1. The maximum Gasteiger partial charge on any atom is 0.127 e. The van der Waals surface area contributed by atoms with Gasteiger partial charge in [-0.2, -0.15) is 0 Å². The molecule has 1 saturated carbocycles. The molecule has 0 aromatic heterocycles. The topological polar surface area (TPSA) is 15.3 Å². The molecular weight excluding hydrogens is 251 g/mol. The predicted molar refractivity (Wildman–Crippen MR) is 82.2 cm³/mol. The molecule has 1 aliphatic carbocycles. The summed E-state index contributed by atoms with van der Waals surface area (Å²) in [6, 6.07) is 8.17. The second-order valence-corrected chi connectivity index (χ2v) is 5.88. The van der Waals surface area contributed by atoms with E-state index < -0.39 is 0 Å². The van der Waals surface area contributed by atoms with E-state index >= 15 is 0 Å². The Morgan fingerprint density at radius 1 is 1.20 bits per heavy atom. The molecular formula is C17H27FN2. The highest BCUT2D eigenvalue weighted by atomic mass is 19.1. The predicted octanol–water partition coefficient (Wildman–Crippen LogP) is 3.57. The van der Waals surface area contributed by atoms with E-state index in [1.54, 1.807) is 12.1 Å². The zero-order chi connectivity index (χ0) is 14.4. The van der Waals surface area contributed by atoms with Crippen molar-refractivity contribution in [3.05, 3.63) is 35.6 Å². The van der Waals surface area contributed by atoms with Crippen LogP contribution in [0.1, 0.15) is 44.6 Å². The summed E-state index contributed by atoms with van der Waals surface area (Å²) in [6.45, 7) is 3.87. The van der Waals surface area contributed by atoms with Gasteiger partial charge in [0.05, 0.1) is 0 Å². The summed E-state index contributed by atoms with van der Waals surface area (Å²) in [5, 5.41) is 3.62. The van der Waals surface area contributed by atoms with E-state index in [9.17, 15) is 4.39 Å². The van der Waals surface area contributed by atoms with Gasteiger partial charge in [0.25, 0.3) is 0 Å². The summed E-state index contributed by atoms with van der Waals surface area (Å²) < 4.78 is 13.8. The average molecular weight is 278 g/mol. The molecule has 3 heteroatoms. The SMILES string of the molecule is CCNC1CCCCCC1N(C)Cc1ccccc1F. The van der Waals surface area contributed by atoms with Crippen LogP contribution in [0.2, 0.25) is 0 Å². The maximum atomic E-state index is 13.8. The van der Waals surface area contributed by atoms with Crippen LogP contribution in [0.3, 0.4) is 0 Å². The van der Waals surface area contributed by atoms with Crippen LogP contribution in [0, 0.1) is 5.82 Å². The Morgan fingerprint density at radius 3 is 2.70 bits per heavy atom. The molecule has 1 aromatic rings. The minimum absolute atomic E-state index is 0.0898. The standard InChI is InChI=1S/C17H27FN2/c1-3-19-16-11-5-4-6-12-17(16)20(2)13-14-9-7-8-10-15(14)18/h7-10,16-17,19H,3-6,11-13H2,1-2H3. The van der Waals surface area contributed by atoms with Gasteiger partial charge in [0.2, 0.25) is 0 Å². The molecule has 2 atom stereocenters. The van der Waals surface area contributed by atoms with Gasteiger partial charge in [-0.3, -0.25) is 4.90 Å². The minimum Gasteiger partial charge on any atom is -0.313 e. The van der Waals surface area contributed by atoms with Gasteiger partial charge in [0.1, 0.15) is 5.82 Å². The number of likely N-dealkylation sites (N-methyl/N-ethyl adjacent to an activating group) is 2. The molecule has 20 heavy (non-hydrogen) atoms. The Balaban J connectivity index is 2.04. The first-order valence-corrected chi connectivity index (χ1v) is 7.89. The Kier molecular flexibility index (Phi) is 5.99. The molecule has 0 spiro atoms. The fraction of sp³-hybridized carbons (Fsp3) is 0.647. The Morgan fingerprint density at radius 2 is 1.95 bits per heavy atom. The van der Waals surface area contributed by atoms with Crippen LogP contribution in [0.15, 0.2) is 24.3 Å². The fourth-order valence-electron chi connectivity index (χ4n) is 3.33. The summed E-state index contributed by atoms with van der Waals surface area (Å²) >= 11 is 0. The lowest BCUT2D eigenvalue weighted by atomic mass is 10.0. The maximum absolute atomic E-state index is 13.8. The van der Waals surface area contributed by atoms with E-state index in [-0.39, 0.29) is 5.82 Å². The lowest BCUT2D eigenvalue weighted by Gasteiger charge is -2.34. The molecule has 1 aromatic carbocycles. The Hall–Kier alpha value is -0.930. The number of halogens is 1. The van der Waals surface area contributed by atoms with Gasteiger partial charge in [0.15, 0.2) is 0 Å². The van der Waals surface area contributed by atoms with E-state index in [1.165, 1.54) is 32.1 Å². The van der Waals surface area contributed by atoms with Crippen molar-refractivity contribution in [3.63, 3.8) is 0 Å². The van der Waals surface area contributed by atoms with Crippen molar-refractivity contribution >= 4 is 0 Å². The summed E-state index contributed by atoms with van der Waals surface area (Å²) in [7, 11) is 2.13. The van der Waals surface area contributed by atoms with Crippen LogP contribution in [0.4, 0.5) is 4.39 Å². The first-order chi connectivity index (χ1) is 9.72. The van der Waals surface area contributed by atoms with E-state index in [4.69, 9.17) is 0 Å². The number of nitrogens with one attached hydrogen (secondary N) is 1. The minimum atomic E-state index is -0.0898. The molecule has 2 unspecified atom stereocenters. The van der Waals surface area contributed by atoms with Crippen LogP contribution in [0.25, 0.3) is 0 Å². The molecule has 0 radical (unpaired) electrons. The van der Waals surface area contributed by atoms with E-state index in [1.807, 2.05) is 12.1 Å². The monoisotopic (exact) mass is 278 g/mol. The highest BCUT2D eigenvalue weighted by molar-refractivity contribution is 5.17. The molecule has 0 aliphatic heterocycles. The van der Waals surface area contributed by atoms with Crippen molar-refractivity contribution in [2.24, 2.45) is 0 Å². The average Bonchev–Trinajstić information content (AvgIpc) is 2.67. The van der Waals surface area contributed by atoms with Gasteiger partial charge in [-0.25, -0.2) is 4.39 Å². The first-order valence-electron chi connectivity index (χ1n) is 7.89. The van der Waals surface area contributed by atoms with Crippen LogP contribution >= 0.6 is 0 Å². The molecule has 2 nitrogen and oxygen atoms in total. The molecule has 0 bridgehead atoms. The van der Waals surface area contributed by atoms with Gasteiger partial charge >= 0.3 is 0 Å². The van der Waals surface area contributed by atoms with Crippen molar-refractivity contribution in [3.8, 4) is 0 Å². The fourth-order valence-corrected chi connectivity index (χ4v) is 3.33. The van der Waals surface area contributed by atoms with Gasteiger partial charge in [-0.05, 0) is 32.5 Å². The second kappa shape index (κ2) is 7.75. The highest BCUT2D eigenvalue weighted by Crippen LogP contribution is 2.23. The highest BCUT2D eigenvalue weighted by Gasteiger charge is 2.26. The summed E-state index contributed by atoms with van der Waals surface area (Å²) in [6.07, 6.45) is 6.37. The Bertz CT molecular complexity index is 408. The third-order valence-corrected chi connectivity index (χ3v) is 4.39. The van der Waals surface area contributed by atoms with Gasteiger partial charge < -0.3 is 5.32 Å². The molecule has 1 N–H and O–H groups in total. The van der Waals surface area contributed by atoms with Crippen molar-refractivity contribution in [1.29, 1.82) is 0 Å². The molecule has 2 rings (SSSR count). The van der Waals surface area contributed by atoms with Crippen molar-refractivity contribution in [2.75, 3.05) is 13.6 Å². The zero-order valence-electron chi connectivity index (χ0n) is 12.7.